The Morgan fingerprint density at radius 2 is 1.44 bits per heavy atom. The van der Waals surface area contributed by atoms with Crippen molar-refractivity contribution < 1.29 is 5.11 Å². The summed E-state index contributed by atoms with van der Waals surface area (Å²) in [4.78, 5) is 0. The second kappa shape index (κ2) is 4.95. The Morgan fingerprint density at radius 3 is 2.00 bits per heavy atom. The first-order chi connectivity index (χ1) is 8.52. The van der Waals surface area contributed by atoms with E-state index in [4.69, 9.17) is 0 Å². The monoisotopic (exact) mass is 240 g/mol. The van der Waals surface area contributed by atoms with Gasteiger partial charge in [-0.25, -0.2) is 0 Å². The van der Waals surface area contributed by atoms with Crippen molar-refractivity contribution in [3.63, 3.8) is 0 Å². The highest BCUT2D eigenvalue weighted by Crippen LogP contribution is 2.31. The van der Waals surface area contributed by atoms with Crippen molar-refractivity contribution in [1.82, 2.24) is 0 Å². The molecular weight excluding hydrogens is 220 g/mol. The summed E-state index contributed by atoms with van der Waals surface area (Å²) in [6.45, 7) is 8.65. The van der Waals surface area contributed by atoms with Crippen LogP contribution in [0.3, 0.4) is 0 Å². The Bertz CT molecular complexity index is 559. The Labute approximate surface area is 109 Å². The van der Waals surface area contributed by atoms with E-state index in [9.17, 15) is 5.11 Å². The van der Waals surface area contributed by atoms with Crippen LogP contribution in [0.1, 0.15) is 27.8 Å². The van der Waals surface area contributed by atoms with Crippen LogP contribution in [0.25, 0.3) is 11.1 Å². The van der Waals surface area contributed by atoms with Crippen LogP contribution in [0.15, 0.2) is 30.3 Å². The molecule has 0 fully saturated rings. The van der Waals surface area contributed by atoms with Gasteiger partial charge in [0.2, 0.25) is 0 Å². The number of hydrogen-bond donors (Lipinski definition) is 1. The minimum absolute atomic E-state index is 0.0945. The molecule has 0 aromatic heterocycles. The first-order valence-electron chi connectivity index (χ1n) is 6.31. The van der Waals surface area contributed by atoms with Gasteiger partial charge in [0, 0.05) is 0 Å². The van der Waals surface area contributed by atoms with E-state index in [1.807, 2.05) is 6.07 Å². The van der Waals surface area contributed by atoms with Crippen molar-refractivity contribution in [2.24, 2.45) is 0 Å². The van der Waals surface area contributed by atoms with Gasteiger partial charge in [-0.15, -0.1) is 0 Å². The smallest absolute Gasteiger partial charge is 0.0682 e. The average molecular weight is 240 g/mol. The number of aliphatic hydroxyl groups is 1. The normalized spacial score (nSPS) is 10.7. The third-order valence-electron chi connectivity index (χ3n) is 3.43. The van der Waals surface area contributed by atoms with E-state index < -0.39 is 0 Å². The molecule has 94 valence electrons. The van der Waals surface area contributed by atoms with Crippen molar-refractivity contribution in [1.29, 1.82) is 0 Å². The zero-order valence-corrected chi connectivity index (χ0v) is 11.5. The minimum Gasteiger partial charge on any atom is -0.392 e. The molecule has 2 aromatic carbocycles. The molecule has 0 atom stereocenters. The summed E-state index contributed by atoms with van der Waals surface area (Å²) < 4.78 is 0. The van der Waals surface area contributed by atoms with Gasteiger partial charge < -0.3 is 5.11 Å². The summed E-state index contributed by atoms with van der Waals surface area (Å²) in [6, 6.07) is 10.6. The van der Waals surface area contributed by atoms with E-state index in [1.54, 1.807) is 0 Å². The van der Waals surface area contributed by atoms with Crippen LogP contribution in [0, 0.1) is 27.7 Å². The van der Waals surface area contributed by atoms with E-state index in [0.29, 0.717) is 0 Å². The number of aryl methyl sites for hydroxylation is 4. The highest BCUT2D eigenvalue weighted by atomic mass is 16.3. The van der Waals surface area contributed by atoms with Crippen molar-refractivity contribution >= 4 is 0 Å². The van der Waals surface area contributed by atoms with Gasteiger partial charge in [0.1, 0.15) is 0 Å². The molecule has 0 saturated carbocycles. The molecule has 0 aliphatic rings. The molecular formula is C17H20O. The lowest BCUT2D eigenvalue weighted by Gasteiger charge is -2.15. The van der Waals surface area contributed by atoms with E-state index in [0.717, 1.165) is 5.56 Å². The van der Waals surface area contributed by atoms with Crippen molar-refractivity contribution in [3.8, 4) is 11.1 Å². The van der Waals surface area contributed by atoms with Gasteiger partial charge in [0.25, 0.3) is 0 Å². The predicted octanol–water partition coefficient (Wildman–Crippen LogP) is 4.08. The number of aliphatic hydroxyl groups excluding tert-OH is 1. The van der Waals surface area contributed by atoms with Crippen LogP contribution in [0.2, 0.25) is 0 Å². The van der Waals surface area contributed by atoms with Crippen LogP contribution in [0.4, 0.5) is 0 Å². The Hall–Kier alpha value is -1.60. The molecule has 0 bridgehead atoms. The van der Waals surface area contributed by atoms with Gasteiger partial charge in [0.05, 0.1) is 6.61 Å². The van der Waals surface area contributed by atoms with Gasteiger partial charge >= 0.3 is 0 Å². The second-order valence-corrected chi connectivity index (χ2v) is 5.08. The lowest BCUT2D eigenvalue weighted by atomic mass is 9.90. The molecule has 0 radical (unpaired) electrons. The van der Waals surface area contributed by atoms with Gasteiger partial charge in [-0.05, 0) is 67.1 Å². The standard InChI is InChI=1S/C17H20O/c1-11-7-13(3)17(14(4)8-11)16-9-15(10-18)6-5-12(16)2/h5-9,18H,10H2,1-4H3. The lowest BCUT2D eigenvalue weighted by molar-refractivity contribution is 0.282. The Morgan fingerprint density at radius 1 is 0.833 bits per heavy atom. The quantitative estimate of drug-likeness (QED) is 0.838. The maximum Gasteiger partial charge on any atom is 0.0682 e. The summed E-state index contributed by atoms with van der Waals surface area (Å²) in [5.41, 5.74) is 8.64. The zero-order chi connectivity index (χ0) is 13.3. The molecule has 0 aliphatic carbocycles. The van der Waals surface area contributed by atoms with E-state index in [1.165, 1.54) is 33.4 Å². The van der Waals surface area contributed by atoms with E-state index >= 15 is 0 Å². The molecule has 0 amide bonds. The lowest BCUT2D eigenvalue weighted by Crippen LogP contribution is -1.94. The van der Waals surface area contributed by atoms with Crippen LogP contribution >= 0.6 is 0 Å². The number of benzene rings is 2. The fraction of sp³-hybridized carbons (Fsp3) is 0.294. The van der Waals surface area contributed by atoms with Crippen LogP contribution < -0.4 is 0 Å². The highest BCUT2D eigenvalue weighted by molar-refractivity contribution is 5.74. The third-order valence-corrected chi connectivity index (χ3v) is 3.43. The molecule has 0 spiro atoms. The van der Waals surface area contributed by atoms with Gasteiger partial charge in [-0.1, -0.05) is 29.8 Å². The molecule has 0 unspecified atom stereocenters. The minimum atomic E-state index is 0.0945. The van der Waals surface area contributed by atoms with Gasteiger partial charge in [-0.3, -0.25) is 0 Å². The highest BCUT2D eigenvalue weighted by Gasteiger charge is 2.09. The fourth-order valence-corrected chi connectivity index (χ4v) is 2.64. The van der Waals surface area contributed by atoms with Gasteiger partial charge in [-0.2, -0.15) is 0 Å². The molecule has 0 heterocycles. The summed E-state index contributed by atoms with van der Waals surface area (Å²) in [7, 11) is 0. The van der Waals surface area contributed by atoms with Crippen LogP contribution in [-0.2, 0) is 6.61 Å². The van der Waals surface area contributed by atoms with Gasteiger partial charge in [0.15, 0.2) is 0 Å². The summed E-state index contributed by atoms with van der Waals surface area (Å²) >= 11 is 0. The molecule has 0 saturated heterocycles. The predicted molar refractivity (Wildman–Crippen MR) is 76.7 cm³/mol. The maximum absolute atomic E-state index is 9.28. The molecule has 1 heteroatoms. The first kappa shape index (κ1) is 12.8. The maximum atomic E-state index is 9.28. The fourth-order valence-electron chi connectivity index (χ4n) is 2.64. The Kier molecular flexibility index (Phi) is 3.53. The zero-order valence-electron chi connectivity index (χ0n) is 11.5. The molecule has 2 aromatic rings. The van der Waals surface area contributed by atoms with E-state index in [2.05, 4.69) is 52.0 Å². The summed E-state index contributed by atoms with van der Waals surface area (Å²) in [6.07, 6.45) is 0. The number of hydrogen-bond acceptors (Lipinski definition) is 1. The van der Waals surface area contributed by atoms with Crippen LogP contribution in [-0.4, -0.2) is 5.11 Å². The topological polar surface area (TPSA) is 20.2 Å². The second-order valence-electron chi connectivity index (χ2n) is 5.08. The summed E-state index contributed by atoms with van der Waals surface area (Å²) in [5.74, 6) is 0. The molecule has 18 heavy (non-hydrogen) atoms. The number of rotatable bonds is 2. The molecule has 1 nitrogen and oxygen atoms in total. The molecule has 0 aliphatic heterocycles. The van der Waals surface area contributed by atoms with Crippen molar-refractivity contribution in [3.05, 3.63) is 58.1 Å². The largest absolute Gasteiger partial charge is 0.392 e. The van der Waals surface area contributed by atoms with Crippen molar-refractivity contribution in [2.45, 2.75) is 34.3 Å². The third kappa shape index (κ3) is 2.32. The molecule has 2 rings (SSSR count). The van der Waals surface area contributed by atoms with Crippen molar-refractivity contribution in [2.75, 3.05) is 0 Å². The first-order valence-corrected chi connectivity index (χ1v) is 6.31. The molecule has 1 N–H and O–H groups in total. The Balaban J connectivity index is 2.68. The van der Waals surface area contributed by atoms with E-state index in [-0.39, 0.29) is 6.61 Å². The average Bonchev–Trinajstić information content (AvgIpc) is 2.30. The van der Waals surface area contributed by atoms with Crippen LogP contribution in [0.5, 0.6) is 0 Å². The summed E-state index contributed by atoms with van der Waals surface area (Å²) in [5, 5.41) is 9.28. The SMILES string of the molecule is Cc1cc(C)c(-c2cc(CO)ccc2C)c(C)c1.